The highest BCUT2D eigenvalue weighted by Gasteiger charge is 2.25. The Morgan fingerprint density at radius 1 is 1.10 bits per heavy atom. The summed E-state index contributed by atoms with van der Waals surface area (Å²) in [4.78, 5) is 15.4. The number of anilines is 1. The number of thioether (sulfide) groups is 1. The van der Waals surface area contributed by atoms with Crippen molar-refractivity contribution in [2.24, 2.45) is 0 Å². The standard InChI is InChI=1S/C24H32N2O2S/c1-3-26(4-2)23(20-10-6-5-7-11-20)24(27)25-21-12-8-9-19(17-21)18-29-22-13-15-28-16-14-22/h5-12,17,22-23H,3-4,13-16,18H2,1-2H3,(H,25,27). The number of hydrogen-bond donors (Lipinski definition) is 1. The van der Waals surface area contributed by atoms with E-state index in [9.17, 15) is 4.79 Å². The van der Waals surface area contributed by atoms with Crippen molar-refractivity contribution in [3.05, 3.63) is 65.7 Å². The van der Waals surface area contributed by atoms with E-state index < -0.39 is 0 Å². The van der Waals surface area contributed by atoms with Crippen LogP contribution in [0.2, 0.25) is 0 Å². The minimum atomic E-state index is -0.286. The summed E-state index contributed by atoms with van der Waals surface area (Å²) in [5.41, 5.74) is 3.14. The molecule has 1 heterocycles. The van der Waals surface area contributed by atoms with Gasteiger partial charge in [0, 0.05) is 29.9 Å². The number of benzene rings is 2. The molecule has 1 fully saturated rings. The lowest BCUT2D eigenvalue weighted by Gasteiger charge is -2.29. The van der Waals surface area contributed by atoms with Crippen LogP contribution >= 0.6 is 11.8 Å². The van der Waals surface area contributed by atoms with Gasteiger partial charge in [0.25, 0.3) is 0 Å². The van der Waals surface area contributed by atoms with Crippen LogP contribution < -0.4 is 5.32 Å². The van der Waals surface area contributed by atoms with E-state index in [-0.39, 0.29) is 11.9 Å². The molecule has 156 valence electrons. The number of ether oxygens (including phenoxy) is 1. The number of nitrogens with one attached hydrogen (secondary N) is 1. The van der Waals surface area contributed by atoms with E-state index in [4.69, 9.17) is 4.74 Å². The van der Waals surface area contributed by atoms with Gasteiger partial charge in [-0.25, -0.2) is 0 Å². The minimum Gasteiger partial charge on any atom is -0.381 e. The summed E-state index contributed by atoms with van der Waals surface area (Å²) in [7, 11) is 0. The van der Waals surface area contributed by atoms with E-state index in [1.54, 1.807) is 0 Å². The Hall–Kier alpha value is -1.82. The topological polar surface area (TPSA) is 41.6 Å². The number of amides is 1. The molecular weight excluding hydrogens is 380 g/mol. The van der Waals surface area contributed by atoms with Gasteiger partial charge in [0.15, 0.2) is 0 Å². The first-order chi connectivity index (χ1) is 14.2. The van der Waals surface area contributed by atoms with Crippen LogP contribution in [-0.4, -0.2) is 42.4 Å². The SMILES string of the molecule is CCN(CC)C(C(=O)Nc1cccc(CSC2CCOCC2)c1)c1ccccc1. The summed E-state index contributed by atoms with van der Waals surface area (Å²) < 4.78 is 5.45. The van der Waals surface area contributed by atoms with Crippen molar-refractivity contribution in [3.63, 3.8) is 0 Å². The zero-order valence-electron chi connectivity index (χ0n) is 17.5. The van der Waals surface area contributed by atoms with Crippen molar-refractivity contribution in [1.82, 2.24) is 4.90 Å². The van der Waals surface area contributed by atoms with Gasteiger partial charge in [0.2, 0.25) is 5.91 Å². The summed E-state index contributed by atoms with van der Waals surface area (Å²) >= 11 is 1.99. The molecule has 1 saturated heterocycles. The molecule has 0 radical (unpaired) electrons. The molecule has 1 aliphatic rings. The summed E-state index contributed by atoms with van der Waals surface area (Å²) in [5, 5.41) is 3.83. The largest absolute Gasteiger partial charge is 0.381 e. The Morgan fingerprint density at radius 3 is 2.52 bits per heavy atom. The molecule has 0 saturated carbocycles. The molecule has 1 amide bonds. The number of likely N-dealkylation sites (N-methyl/N-ethyl adjacent to an activating group) is 1. The molecule has 0 bridgehead atoms. The van der Waals surface area contributed by atoms with Crippen molar-refractivity contribution in [3.8, 4) is 0 Å². The van der Waals surface area contributed by atoms with Crippen molar-refractivity contribution in [2.75, 3.05) is 31.6 Å². The molecule has 4 nitrogen and oxygen atoms in total. The van der Waals surface area contributed by atoms with E-state index in [1.165, 1.54) is 5.56 Å². The number of carbonyl (C=O) groups is 1. The molecule has 0 aliphatic carbocycles. The molecule has 5 heteroatoms. The lowest BCUT2D eigenvalue weighted by atomic mass is 10.0. The quantitative estimate of drug-likeness (QED) is 0.621. The smallest absolute Gasteiger partial charge is 0.246 e. The fourth-order valence-electron chi connectivity index (χ4n) is 3.76. The zero-order valence-corrected chi connectivity index (χ0v) is 18.3. The van der Waals surface area contributed by atoms with E-state index in [0.717, 1.165) is 56.1 Å². The summed E-state index contributed by atoms with van der Waals surface area (Å²) in [6, 6.07) is 18.0. The molecular formula is C24H32N2O2S. The highest BCUT2D eigenvalue weighted by molar-refractivity contribution is 7.99. The summed E-state index contributed by atoms with van der Waals surface area (Å²) in [6.45, 7) is 7.60. The van der Waals surface area contributed by atoms with Gasteiger partial charge in [-0.3, -0.25) is 9.69 Å². The second-order valence-electron chi connectivity index (χ2n) is 7.35. The molecule has 2 aromatic rings. The maximum absolute atomic E-state index is 13.2. The maximum Gasteiger partial charge on any atom is 0.246 e. The van der Waals surface area contributed by atoms with E-state index in [1.807, 2.05) is 54.2 Å². The first kappa shape index (κ1) is 21.9. The fraction of sp³-hybridized carbons (Fsp3) is 0.458. The fourth-order valence-corrected chi connectivity index (χ4v) is 4.89. The van der Waals surface area contributed by atoms with Gasteiger partial charge in [-0.1, -0.05) is 56.3 Å². The molecule has 1 N–H and O–H groups in total. The zero-order chi connectivity index (χ0) is 20.5. The van der Waals surface area contributed by atoms with Crippen LogP contribution in [0.3, 0.4) is 0 Å². The van der Waals surface area contributed by atoms with Crippen LogP contribution in [0.4, 0.5) is 5.69 Å². The second-order valence-corrected chi connectivity index (χ2v) is 8.64. The number of hydrogen-bond acceptors (Lipinski definition) is 4. The molecule has 3 rings (SSSR count). The number of carbonyl (C=O) groups excluding carboxylic acids is 1. The van der Waals surface area contributed by atoms with Crippen molar-refractivity contribution < 1.29 is 9.53 Å². The lowest BCUT2D eigenvalue weighted by molar-refractivity contribution is -0.121. The van der Waals surface area contributed by atoms with Crippen molar-refractivity contribution in [2.45, 2.75) is 43.7 Å². The Balaban J connectivity index is 1.67. The van der Waals surface area contributed by atoms with Crippen LogP contribution in [-0.2, 0) is 15.3 Å². The third-order valence-corrected chi connectivity index (χ3v) is 6.83. The van der Waals surface area contributed by atoms with Crippen molar-refractivity contribution in [1.29, 1.82) is 0 Å². The minimum absolute atomic E-state index is 0.0223. The molecule has 1 unspecified atom stereocenters. The van der Waals surface area contributed by atoms with Crippen molar-refractivity contribution >= 4 is 23.4 Å². The Bertz CT molecular complexity index is 758. The monoisotopic (exact) mass is 412 g/mol. The molecule has 1 atom stereocenters. The number of rotatable bonds is 9. The van der Waals surface area contributed by atoms with Gasteiger partial charge in [0.1, 0.15) is 6.04 Å². The van der Waals surface area contributed by atoms with Gasteiger partial charge in [0.05, 0.1) is 0 Å². The van der Waals surface area contributed by atoms with Gasteiger partial charge < -0.3 is 10.1 Å². The van der Waals surface area contributed by atoms with E-state index in [2.05, 4.69) is 36.2 Å². The Labute approximate surface area is 179 Å². The molecule has 0 aromatic heterocycles. The third kappa shape index (κ3) is 6.33. The van der Waals surface area contributed by atoms with Crippen LogP contribution in [0, 0.1) is 0 Å². The maximum atomic E-state index is 13.2. The van der Waals surface area contributed by atoms with E-state index in [0.29, 0.717) is 5.25 Å². The molecule has 1 aliphatic heterocycles. The third-order valence-electron chi connectivity index (χ3n) is 5.39. The number of nitrogens with zero attached hydrogens (tertiary/aromatic N) is 1. The van der Waals surface area contributed by atoms with Crippen LogP contribution in [0.1, 0.15) is 43.9 Å². The van der Waals surface area contributed by atoms with Gasteiger partial charge in [-0.2, -0.15) is 11.8 Å². The Kier molecular flexibility index (Phi) is 8.59. The van der Waals surface area contributed by atoms with Gasteiger partial charge in [-0.15, -0.1) is 0 Å². The van der Waals surface area contributed by atoms with Gasteiger partial charge >= 0.3 is 0 Å². The second kappa shape index (κ2) is 11.4. The lowest BCUT2D eigenvalue weighted by Crippen LogP contribution is -2.37. The summed E-state index contributed by atoms with van der Waals surface area (Å²) in [6.07, 6.45) is 2.26. The molecule has 29 heavy (non-hydrogen) atoms. The highest BCUT2D eigenvalue weighted by Crippen LogP contribution is 2.27. The first-order valence-electron chi connectivity index (χ1n) is 10.6. The molecule has 2 aromatic carbocycles. The van der Waals surface area contributed by atoms with Gasteiger partial charge in [-0.05, 0) is 49.2 Å². The predicted molar refractivity (Wildman–Crippen MR) is 122 cm³/mol. The highest BCUT2D eigenvalue weighted by atomic mass is 32.2. The normalized spacial score (nSPS) is 16.0. The van der Waals surface area contributed by atoms with Crippen LogP contribution in [0.25, 0.3) is 0 Å². The van der Waals surface area contributed by atoms with Crippen LogP contribution in [0.15, 0.2) is 54.6 Å². The van der Waals surface area contributed by atoms with E-state index >= 15 is 0 Å². The average molecular weight is 413 g/mol. The van der Waals surface area contributed by atoms with Crippen LogP contribution in [0.5, 0.6) is 0 Å². The Morgan fingerprint density at radius 2 is 1.83 bits per heavy atom. The molecule has 0 spiro atoms. The average Bonchev–Trinajstić information content (AvgIpc) is 2.77. The summed E-state index contributed by atoms with van der Waals surface area (Å²) in [5.74, 6) is 0.987. The predicted octanol–water partition coefficient (Wildman–Crippen LogP) is 5.12. The first-order valence-corrected chi connectivity index (χ1v) is 11.6.